The minimum Gasteiger partial charge on any atom is -0.504 e. The predicted molar refractivity (Wildman–Crippen MR) is 113 cm³/mol. The van der Waals surface area contributed by atoms with E-state index in [-0.39, 0.29) is 46.6 Å². The summed E-state index contributed by atoms with van der Waals surface area (Å²) in [5.41, 5.74) is 4.51. The molecule has 31 heavy (non-hydrogen) atoms. The summed E-state index contributed by atoms with van der Waals surface area (Å²) in [7, 11) is 0. The van der Waals surface area contributed by atoms with Crippen LogP contribution in [-0.4, -0.2) is 42.1 Å². The van der Waals surface area contributed by atoms with Gasteiger partial charge in [-0.15, -0.1) is 0 Å². The van der Waals surface area contributed by atoms with Crippen molar-refractivity contribution in [2.45, 2.75) is 31.3 Å². The molecule has 3 aromatic rings. The van der Waals surface area contributed by atoms with Gasteiger partial charge in [0.2, 0.25) is 0 Å². The van der Waals surface area contributed by atoms with Crippen LogP contribution in [0.3, 0.4) is 0 Å². The fourth-order valence-electron chi connectivity index (χ4n) is 5.00. The molecule has 3 aromatic carbocycles. The van der Waals surface area contributed by atoms with Gasteiger partial charge >= 0.3 is 0 Å². The SMILES string of the molecule is Oc1ccc(CC2c3cc(O)c(O)cc3CC3c4cc(O)c(O)cc4CCN23)cc1O. The summed E-state index contributed by atoms with van der Waals surface area (Å²) in [5.74, 6) is -1.05. The first-order valence-electron chi connectivity index (χ1n) is 10.2. The number of phenols is 6. The largest absolute Gasteiger partial charge is 0.504 e. The van der Waals surface area contributed by atoms with Crippen LogP contribution in [0.2, 0.25) is 0 Å². The van der Waals surface area contributed by atoms with Crippen molar-refractivity contribution >= 4 is 0 Å². The zero-order chi connectivity index (χ0) is 21.9. The van der Waals surface area contributed by atoms with Gasteiger partial charge in [0.25, 0.3) is 0 Å². The molecule has 0 fully saturated rings. The van der Waals surface area contributed by atoms with Crippen molar-refractivity contribution in [3.63, 3.8) is 0 Å². The molecule has 0 spiro atoms. The summed E-state index contributed by atoms with van der Waals surface area (Å²) in [4.78, 5) is 2.29. The number of hydrogen-bond donors (Lipinski definition) is 6. The normalized spacial score (nSPS) is 20.0. The van der Waals surface area contributed by atoms with Gasteiger partial charge < -0.3 is 30.6 Å². The van der Waals surface area contributed by atoms with Crippen LogP contribution in [0.5, 0.6) is 34.5 Å². The summed E-state index contributed by atoms with van der Waals surface area (Å²) in [5, 5.41) is 59.9. The molecule has 2 aliphatic heterocycles. The van der Waals surface area contributed by atoms with Crippen molar-refractivity contribution in [1.82, 2.24) is 4.90 Å². The van der Waals surface area contributed by atoms with E-state index < -0.39 is 0 Å². The van der Waals surface area contributed by atoms with Crippen LogP contribution in [0.4, 0.5) is 0 Å². The second-order valence-electron chi connectivity index (χ2n) is 8.33. The molecule has 0 radical (unpaired) electrons. The molecular weight excluding hydrogens is 398 g/mol. The molecule has 0 aliphatic carbocycles. The topological polar surface area (TPSA) is 125 Å². The maximum absolute atomic E-state index is 10.2. The number of hydrogen-bond acceptors (Lipinski definition) is 7. The molecule has 2 aliphatic rings. The smallest absolute Gasteiger partial charge is 0.157 e. The minimum absolute atomic E-state index is 0.0811. The number of aromatic hydroxyl groups is 6. The van der Waals surface area contributed by atoms with Gasteiger partial charge in [0.05, 0.1) is 0 Å². The lowest BCUT2D eigenvalue weighted by molar-refractivity contribution is 0.106. The fraction of sp³-hybridized carbons (Fsp3) is 0.250. The Hall–Kier alpha value is -3.58. The highest BCUT2D eigenvalue weighted by Gasteiger charge is 2.39. The molecule has 5 rings (SSSR count). The Morgan fingerprint density at radius 3 is 2.00 bits per heavy atom. The molecule has 6 N–H and O–H groups in total. The van der Waals surface area contributed by atoms with Crippen LogP contribution in [0.25, 0.3) is 0 Å². The summed E-state index contributed by atoms with van der Waals surface area (Å²) >= 11 is 0. The van der Waals surface area contributed by atoms with Crippen molar-refractivity contribution in [3.05, 3.63) is 70.3 Å². The summed E-state index contributed by atoms with van der Waals surface area (Å²) in [6, 6.07) is 10.9. The zero-order valence-corrected chi connectivity index (χ0v) is 16.7. The summed E-state index contributed by atoms with van der Waals surface area (Å²) in [6.45, 7) is 0.706. The number of fused-ring (bicyclic) bond motifs is 4. The second kappa shape index (κ2) is 6.99. The van der Waals surface area contributed by atoms with Crippen LogP contribution in [0, 0.1) is 0 Å². The third kappa shape index (κ3) is 3.18. The van der Waals surface area contributed by atoms with Crippen LogP contribution in [-0.2, 0) is 19.3 Å². The highest BCUT2D eigenvalue weighted by atomic mass is 16.3. The monoisotopic (exact) mass is 421 g/mol. The van der Waals surface area contributed by atoms with E-state index in [0.29, 0.717) is 25.8 Å². The van der Waals surface area contributed by atoms with E-state index in [0.717, 1.165) is 27.8 Å². The first-order valence-corrected chi connectivity index (χ1v) is 10.2. The molecular formula is C24H23NO6. The van der Waals surface area contributed by atoms with Crippen molar-refractivity contribution < 1.29 is 30.6 Å². The first kappa shape index (κ1) is 19.4. The molecule has 7 nitrogen and oxygen atoms in total. The van der Waals surface area contributed by atoms with E-state index in [9.17, 15) is 30.6 Å². The van der Waals surface area contributed by atoms with Crippen molar-refractivity contribution in [2.24, 2.45) is 0 Å². The van der Waals surface area contributed by atoms with Gasteiger partial charge in [-0.25, -0.2) is 0 Å². The molecule has 2 unspecified atom stereocenters. The quantitative estimate of drug-likeness (QED) is 0.351. The summed E-state index contributed by atoms with van der Waals surface area (Å²) in [6.07, 6.45) is 1.79. The molecule has 0 amide bonds. The van der Waals surface area contributed by atoms with Gasteiger partial charge in [0.1, 0.15) is 0 Å². The first-order chi connectivity index (χ1) is 14.8. The lowest BCUT2D eigenvalue weighted by atomic mass is 9.79. The molecule has 7 heteroatoms. The van der Waals surface area contributed by atoms with Crippen molar-refractivity contribution in [3.8, 4) is 34.5 Å². The van der Waals surface area contributed by atoms with E-state index in [1.54, 1.807) is 30.3 Å². The molecule has 160 valence electrons. The van der Waals surface area contributed by atoms with Crippen LogP contribution < -0.4 is 0 Å². The molecule has 0 saturated heterocycles. The molecule has 2 atom stereocenters. The van der Waals surface area contributed by atoms with Gasteiger partial charge in [-0.05, 0) is 83.5 Å². The second-order valence-corrected chi connectivity index (χ2v) is 8.33. The van der Waals surface area contributed by atoms with E-state index in [1.165, 1.54) is 12.1 Å². The van der Waals surface area contributed by atoms with Crippen LogP contribution in [0.15, 0.2) is 42.5 Å². The number of rotatable bonds is 2. The minimum atomic E-state index is -0.192. The lowest BCUT2D eigenvalue weighted by Crippen LogP contribution is -2.43. The molecule has 0 saturated carbocycles. The van der Waals surface area contributed by atoms with E-state index >= 15 is 0 Å². The molecule has 0 aromatic heterocycles. The zero-order valence-electron chi connectivity index (χ0n) is 16.7. The van der Waals surface area contributed by atoms with Crippen LogP contribution in [0.1, 0.15) is 39.9 Å². The van der Waals surface area contributed by atoms with E-state index in [1.807, 2.05) is 0 Å². The Kier molecular flexibility index (Phi) is 4.37. The van der Waals surface area contributed by atoms with E-state index in [2.05, 4.69) is 4.90 Å². The number of nitrogens with zero attached hydrogens (tertiary/aromatic N) is 1. The van der Waals surface area contributed by atoms with Crippen molar-refractivity contribution in [1.29, 1.82) is 0 Å². The average Bonchev–Trinajstić information content (AvgIpc) is 2.73. The Balaban J connectivity index is 1.62. The fourth-order valence-corrected chi connectivity index (χ4v) is 5.00. The van der Waals surface area contributed by atoms with Gasteiger partial charge in [0, 0.05) is 18.6 Å². The van der Waals surface area contributed by atoms with Gasteiger partial charge in [0.15, 0.2) is 34.5 Å². The third-order valence-corrected chi connectivity index (χ3v) is 6.51. The Morgan fingerprint density at radius 2 is 1.29 bits per heavy atom. The average molecular weight is 421 g/mol. The lowest BCUT2D eigenvalue weighted by Gasteiger charge is -2.47. The Bertz CT molecular complexity index is 1190. The highest BCUT2D eigenvalue weighted by Crippen LogP contribution is 2.49. The van der Waals surface area contributed by atoms with Crippen LogP contribution >= 0.6 is 0 Å². The Labute approximate surface area is 178 Å². The number of phenolic OH excluding ortho intramolecular Hbond substituents is 6. The van der Waals surface area contributed by atoms with E-state index in [4.69, 9.17) is 0 Å². The molecule has 2 heterocycles. The summed E-state index contributed by atoms with van der Waals surface area (Å²) < 4.78 is 0. The molecule has 0 bridgehead atoms. The van der Waals surface area contributed by atoms with Gasteiger partial charge in [-0.3, -0.25) is 4.90 Å². The highest BCUT2D eigenvalue weighted by molar-refractivity contribution is 5.53. The van der Waals surface area contributed by atoms with Gasteiger partial charge in [-0.1, -0.05) is 6.07 Å². The Morgan fingerprint density at radius 1 is 0.677 bits per heavy atom. The third-order valence-electron chi connectivity index (χ3n) is 6.51. The maximum atomic E-state index is 10.2. The standard InChI is InChI=1S/C24H23NO6/c26-19-2-1-12(6-20(19)27)5-17-16-11-24(31)22(29)9-14(16)7-18-15-10-23(30)21(28)8-13(15)3-4-25(17)18/h1-2,6,8-11,17-18,26-31H,3-5,7H2. The number of benzene rings is 3. The predicted octanol–water partition coefficient (Wildman–Crippen LogP) is 3.36. The van der Waals surface area contributed by atoms with Crippen molar-refractivity contribution in [2.75, 3.05) is 6.54 Å². The van der Waals surface area contributed by atoms with Gasteiger partial charge in [-0.2, -0.15) is 0 Å². The maximum Gasteiger partial charge on any atom is 0.157 e.